The molecule has 2 rings (SSSR count). The van der Waals surface area contributed by atoms with E-state index in [-0.39, 0.29) is 23.8 Å². The first-order valence-corrected chi connectivity index (χ1v) is 7.71. The van der Waals surface area contributed by atoms with Crippen molar-refractivity contribution in [2.45, 2.75) is 32.6 Å². The van der Waals surface area contributed by atoms with E-state index < -0.39 is 11.9 Å². The molecule has 0 atom stereocenters. The summed E-state index contributed by atoms with van der Waals surface area (Å²) in [4.78, 5) is 27.8. The zero-order valence-corrected chi connectivity index (χ0v) is 13.2. The Morgan fingerprint density at radius 3 is 2.61 bits per heavy atom. The summed E-state index contributed by atoms with van der Waals surface area (Å²) in [5.74, 6) is -0.944. The Bertz CT molecular complexity index is 636. The van der Waals surface area contributed by atoms with Gasteiger partial charge in [-0.1, -0.05) is 30.3 Å². The lowest BCUT2D eigenvalue weighted by Crippen LogP contribution is -2.30. The third-order valence-corrected chi connectivity index (χ3v) is 3.48. The Morgan fingerprint density at radius 2 is 2.00 bits per heavy atom. The zero-order chi connectivity index (χ0) is 16.7. The fourth-order valence-electron chi connectivity index (χ4n) is 2.39. The number of unbranched alkanes of at least 4 members (excludes halogenated alkanes) is 1. The Hall–Kier alpha value is -2.63. The molecule has 0 fully saturated rings. The van der Waals surface area contributed by atoms with Gasteiger partial charge in [-0.2, -0.15) is 0 Å². The third-order valence-electron chi connectivity index (χ3n) is 3.48. The number of aryl methyl sites for hydroxylation is 1. The van der Waals surface area contributed by atoms with Crippen molar-refractivity contribution in [3.05, 3.63) is 47.2 Å². The number of nitrogens with zero attached hydrogens (tertiary/aromatic N) is 1. The topological polar surface area (TPSA) is 93.8 Å². The average molecular weight is 315 g/mol. The van der Waals surface area contributed by atoms with Gasteiger partial charge in [0.1, 0.15) is 5.70 Å². The van der Waals surface area contributed by atoms with Gasteiger partial charge in [-0.3, -0.25) is 10.1 Å². The minimum Gasteiger partial charge on any atom is -0.463 e. The fraction of sp³-hybridized carbons (Fsp3) is 0.353. The first-order chi connectivity index (χ1) is 11.1. The lowest BCUT2D eigenvalue weighted by molar-refractivity contribution is -0.139. The van der Waals surface area contributed by atoms with Gasteiger partial charge in [-0.05, 0) is 38.2 Å². The molecule has 6 heteroatoms. The predicted molar refractivity (Wildman–Crippen MR) is 87.4 cm³/mol. The van der Waals surface area contributed by atoms with Crippen molar-refractivity contribution >= 4 is 17.8 Å². The lowest BCUT2D eigenvalue weighted by Gasteiger charge is -2.08. The molecular weight excluding hydrogens is 294 g/mol. The summed E-state index contributed by atoms with van der Waals surface area (Å²) < 4.78 is 5.03. The van der Waals surface area contributed by atoms with E-state index in [0.717, 1.165) is 19.3 Å². The van der Waals surface area contributed by atoms with Crippen molar-refractivity contribution in [2.75, 3.05) is 6.61 Å². The molecule has 0 saturated heterocycles. The molecule has 0 spiro atoms. The largest absolute Gasteiger partial charge is 0.463 e. The first kappa shape index (κ1) is 16.7. The van der Waals surface area contributed by atoms with E-state index in [0.29, 0.717) is 6.42 Å². The fourth-order valence-corrected chi connectivity index (χ4v) is 2.39. The number of hydrogen-bond donors (Lipinski definition) is 2. The van der Waals surface area contributed by atoms with Crippen LogP contribution >= 0.6 is 0 Å². The van der Waals surface area contributed by atoms with Gasteiger partial charge < -0.3 is 10.5 Å². The highest BCUT2D eigenvalue weighted by atomic mass is 16.5. The van der Waals surface area contributed by atoms with Crippen LogP contribution in [0.5, 0.6) is 0 Å². The maximum Gasteiger partial charge on any atom is 0.336 e. The van der Waals surface area contributed by atoms with Gasteiger partial charge in [0.2, 0.25) is 5.96 Å². The van der Waals surface area contributed by atoms with Crippen LogP contribution in [0.25, 0.3) is 0 Å². The van der Waals surface area contributed by atoms with Crippen molar-refractivity contribution in [2.24, 2.45) is 10.7 Å². The van der Waals surface area contributed by atoms with Crippen LogP contribution in [0.3, 0.4) is 0 Å². The Morgan fingerprint density at radius 1 is 1.26 bits per heavy atom. The molecule has 122 valence electrons. The Kier molecular flexibility index (Phi) is 5.91. The summed E-state index contributed by atoms with van der Waals surface area (Å²) in [6.45, 7) is 1.97. The van der Waals surface area contributed by atoms with E-state index in [1.54, 1.807) is 6.92 Å². The molecule has 1 aromatic carbocycles. The molecule has 23 heavy (non-hydrogen) atoms. The van der Waals surface area contributed by atoms with E-state index in [4.69, 9.17) is 10.5 Å². The smallest absolute Gasteiger partial charge is 0.336 e. The van der Waals surface area contributed by atoms with Crippen LogP contribution in [0.4, 0.5) is 0 Å². The van der Waals surface area contributed by atoms with Gasteiger partial charge in [-0.25, -0.2) is 9.79 Å². The third kappa shape index (κ3) is 4.67. The number of hydrogen-bond acceptors (Lipinski definition) is 5. The molecule has 0 radical (unpaired) electrons. The molecule has 0 aliphatic carbocycles. The number of aliphatic imine (C=N–C) groups is 1. The van der Waals surface area contributed by atoms with Crippen molar-refractivity contribution in [1.82, 2.24) is 5.32 Å². The number of esters is 1. The molecule has 1 aliphatic heterocycles. The lowest BCUT2D eigenvalue weighted by atomic mass is 10.0. The van der Waals surface area contributed by atoms with Crippen LogP contribution in [-0.4, -0.2) is 24.4 Å². The van der Waals surface area contributed by atoms with Crippen LogP contribution < -0.4 is 11.1 Å². The summed E-state index contributed by atoms with van der Waals surface area (Å²) in [5, 5.41) is 2.38. The summed E-state index contributed by atoms with van der Waals surface area (Å²) in [5.41, 5.74) is 7.10. The highest BCUT2D eigenvalue weighted by Gasteiger charge is 2.26. The second-order valence-corrected chi connectivity index (χ2v) is 5.19. The molecule has 1 aromatic rings. The van der Waals surface area contributed by atoms with Gasteiger partial charge in [0, 0.05) is 0 Å². The Labute approximate surface area is 135 Å². The SMILES string of the molecule is CCOC(=O)/C(CCCCc1ccccc1)=C1/N=C(N)NC1=O. The number of guanidine groups is 1. The molecule has 0 saturated carbocycles. The summed E-state index contributed by atoms with van der Waals surface area (Å²) in [6, 6.07) is 10.1. The monoisotopic (exact) mass is 315 g/mol. The first-order valence-electron chi connectivity index (χ1n) is 7.71. The van der Waals surface area contributed by atoms with Crippen LogP contribution in [0, 0.1) is 0 Å². The summed E-state index contributed by atoms with van der Waals surface area (Å²) in [6.07, 6.45) is 3.02. The molecule has 1 heterocycles. The van der Waals surface area contributed by atoms with E-state index in [9.17, 15) is 9.59 Å². The maximum atomic E-state index is 12.1. The molecule has 1 amide bonds. The highest BCUT2D eigenvalue weighted by Crippen LogP contribution is 2.19. The van der Waals surface area contributed by atoms with Crippen molar-refractivity contribution in [1.29, 1.82) is 0 Å². The number of ether oxygens (including phenoxy) is 1. The number of nitrogens with one attached hydrogen (secondary N) is 1. The number of amides is 1. The van der Waals surface area contributed by atoms with Gasteiger partial charge in [0.05, 0.1) is 12.2 Å². The normalized spacial score (nSPS) is 15.9. The molecular formula is C17H21N3O3. The van der Waals surface area contributed by atoms with Gasteiger partial charge in [-0.15, -0.1) is 0 Å². The minimum absolute atomic E-state index is 0.0103. The highest BCUT2D eigenvalue weighted by molar-refractivity contribution is 6.14. The van der Waals surface area contributed by atoms with Crippen LogP contribution in [0.2, 0.25) is 0 Å². The average Bonchev–Trinajstić information content (AvgIpc) is 2.87. The predicted octanol–water partition coefficient (Wildman–Crippen LogP) is 1.66. The van der Waals surface area contributed by atoms with E-state index >= 15 is 0 Å². The second kappa shape index (κ2) is 8.12. The second-order valence-electron chi connectivity index (χ2n) is 5.19. The van der Waals surface area contributed by atoms with Gasteiger partial charge in [0.15, 0.2) is 0 Å². The molecule has 3 N–H and O–H groups in total. The van der Waals surface area contributed by atoms with E-state index in [1.807, 2.05) is 18.2 Å². The van der Waals surface area contributed by atoms with Gasteiger partial charge >= 0.3 is 5.97 Å². The number of nitrogens with two attached hydrogens (primary N) is 1. The van der Waals surface area contributed by atoms with Crippen molar-refractivity contribution in [3.8, 4) is 0 Å². The summed E-state index contributed by atoms with van der Waals surface area (Å²) >= 11 is 0. The number of carbonyl (C=O) groups excluding carboxylic acids is 2. The Balaban J connectivity index is 2.00. The number of carbonyl (C=O) groups is 2. The van der Waals surface area contributed by atoms with Crippen LogP contribution in [0.15, 0.2) is 46.6 Å². The van der Waals surface area contributed by atoms with Crippen LogP contribution in [-0.2, 0) is 20.7 Å². The number of rotatable bonds is 7. The van der Waals surface area contributed by atoms with Crippen LogP contribution in [0.1, 0.15) is 31.7 Å². The quantitative estimate of drug-likeness (QED) is 0.454. The van der Waals surface area contributed by atoms with Crippen molar-refractivity contribution in [3.63, 3.8) is 0 Å². The number of benzene rings is 1. The molecule has 0 aromatic heterocycles. The maximum absolute atomic E-state index is 12.1. The molecule has 0 unspecified atom stereocenters. The van der Waals surface area contributed by atoms with Crippen molar-refractivity contribution < 1.29 is 14.3 Å². The molecule has 0 bridgehead atoms. The minimum atomic E-state index is -0.504. The molecule has 1 aliphatic rings. The zero-order valence-electron chi connectivity index (χ0n) is 13.2. The van der Waals surface area contributed by atoms with Gasteiger partial charge in [0.25, 0.3) is 5.91 Å². The summed E-state index contributed by atoms with van der Waals surface area (Å²) in [7, 11) is 0. The standard InChI is InChI=1S/C17H21N3O3/c1-2-23-16(22)13(14-15(21)20-17(18)19-14)11-7-6-10-12-8-4-3-5-9-12/h3-5,8-9H,2,6-7,10-11H2,1H3,(H3,18,19,20,21)/b14-13+. The molecule has 6 nitrogen and oxygen atoms in total. The van der Waals surface area contributed by atoms with E-state index in [1.165, 1.54) is 5.56 Å². The van der Waals surface area contributed by atoms with E-state index in [2.05, 4.69) is 22.4 Å².